The Labute approximate surface area is 161 Å². The number of rotatable bonds is 8. The molecule has 0 saturated heterocycles. The van der Waals surface area contributed by atoms with Crippen molar-refractivity contribution in [3.8, 4) is 11.4 Å². The summed E-state index contributed by atoms with van der Waals surface area (Å²) in [6.07, 6.45) is 3.79. The Balaban J connectivity index is 1.65. The number of carbonyl (C=O) groups is 2. The number of hydrogen-bond acceptors (Lipinski definition) is 7. The summed E-state index contributed by atoms with van der Waals surface area (Å²) >= 11 is 0. The minimum Gasteiger partial charge on any atom is -0.466 e. The van der Waals surface area contributed by atoms with E-state index < -0.39 is 0 Å². The Hall–Kier alpha value is -3.55. The van der Waals surface area contributed by atoms with E-state index in [-0.39, 0.29) is 24.7 Å². The van der Waals surface area contributed by atoms with Crippen LogP contribution in [0.1, 0.15) is 31.2 Å². The second-order valence-electron chi connectivity index (χ2n) is 5.94. The molecule has 28 heavy (non-hydrogen) atoms. The van der Waals surface area contributed by atoms with Crippen molar-refractivity contribution < 1.29 is 18.8 Å². The standard InChI is InChI=1S/C20H20N4O4/c1-2-27-19(26)10-9-17(25)22-16-8-4-3-6-14(16)12-18-23-20(24-28-18)15-7-5-11-21-13-15/h3-8,11,13H,2,9-10,12H2,1H3,(H,22,25). The van der Waals surface area contributed by atoms with Crippen molar-refractivity contribution in [2.75, 3.05) is 11.9 Å². The first kappa shape index (κ1) is 19.2. The Morgan fingerprint density at radius 2 is 2.00 bits per heavy atom. The molecule has 8 heteroatoms. The van der Waals surface area contributed by atoms with Crippen LogP contribution in [-0.4, -0.2) is 33.6 Å². The molecule has 1 aromatic carbocycles. The third-order valence-corrected chi connectivity index (χ3v) is 3.88. The van der Waals surface area contributed by atoms with Gasteiger partial charge in [-0.25, -0.2) is 0 Å². The van der Waals surface area contributed by atoms with E-state index in [1.807, 2.05) is 24.3 Å². The molecule has 1 N–H and O–H groups in total. The number of pyridine rings is 1. The summed E-state index contributed by atoms with van der Waals surface area (Å²) in [5.74, 6) is 0.230. The number of carbonyl (C=O) groups excluding carboxylic acids is 2. The number of aromatic nitrogens is 3. The first-order valence-corrected chi connectivity index (χ1v) is 8.92. The van der Waals surface area contributed by atoms with E-state index in [0.29, 0.717) is 30.4 Å². The molecule has 0 radical (unpaired) electrons. The van der Waals surface area contributed by atoms with Gasteiger partial charge in [0, 0.05) is 30.1 Å². The summed E-state index contributed by atoms with van der Waals surface area (Å²) in [5, 5.41) is 6.79. The first-order valence-electron chi connectivity index (χ1n) is 8.92. The van der Waals surface area contributed by atoms with E-state index in [2.05, 4.69) is 20.4 Å². The molecule has 0 aliphatic carbocycles. The molecule has 0 saturated carbocycles. The van der Waals surface area contributed by atoms with E-state index in [0.717, 1.165) is 11.1 Å². The summed E-state index contributed by atoms with van der Waals surface area (Å²) < 4.78 is 10.2. The monoisotopic (exact) mass is 380 g/mol. The second-order valence-corrected chi connectivity index (χ2v) is 5.94. The summed E-state index contributed by atoms with van der Waals surface area (Å²) in [6, 6.07) is 11.0. The molecular weight excluding hydrogens is 360 g/mol. The van der Waals surface area contributed by atoms with Gasteiger partial charge in [-0.1, -0.05) is 23.4 Å². The van der Waals surface area contributed by atoms with Gasteiger partial charge in [0.15, 0.2) is 0 Å². The lowest BCUT2D eigenvalue weighted by atomic mass is 10.1. The largest absolute Gasteiger partial charge is 0.466 e. The minimum atomic E-state index is -0.389. The lowest BCUT2D eigenvalue weighted by Gasteiger charge is -2.09. The maximum atomic E-state index is 12.1. The zero-order chi connectivity index (χ0) is 19.8. The summed E-state index contributed by atoms with van der Waals surface area (Å²) in [6.45, 7) is 2.03. The third kappa shape index (κ3) is 5.23. The number of hydrogen-bond donors (Lipinski definition) is 1. The molecule has 2 heterocycles. The first-order chi connectivity index (χ1) is 13.7. The minimum absolute atomic E-state index is 0.0416. The lowest BCUT2D eigenvalue weighted by molar-refractivity contribution is -0.144. The van der Waals surface area contributed by atoms with Gasteiger partial charge in [0.1, 0.15) is 0 Å². The highest BCUT2D eigenvalue weighted by Gasteiger charge is 2.13. The van der Waals surface area contributed by atoms with Crippen LogP contribution in [0.2, 0.25) is 0 Å². The number of esters is 1. The maximum absolute atomic E-state index is 12.1. The number of nitrogens with one attached hydrogen (secondary N) is 1. The number of benzene rings is 1. The molecule has 3 rings (SSSR count). The van der Waals surface area contributed by atoms with Crippen LogP contribution in [0.4, 0.5) is 5.69 Å². The smallest absolute Gasteiger partial charge is 0.306 e. The number of amides is 1. The Morgan fingerprint density at radius 1 is 1.14 bits per heavy atom. The average molecular weight is 380 g/mol. The summed E-state index contributed by atoms with van der Waals surface area (Å²) in [4.78, 5) is 32.0. The Bertz CT molecular complexity index is 940. The molecule has 0 atom stereocenters. The van der Waals surface area contributed by atoms with Gasteiger partial charge in [0.05, 0.1) is 19.4 Å². The summed E-state index contributed by atoms with van der Waals surface area (Å²) in [5.41, 5.74) is 2.23. The fraction of sp³-hybridized carbons (Fsp3) is 0.250. The van der Waals surface area contributed by atoms with E-state index in [1.165, 1.54) is 0 Å². The molecule has 0 fully saturated rings. The van der Waals surface area contributed by atoms with Gasteiger partial charge in [-0.3, -0.25) is 14.6 Å². The fourth-order valence-electron chi connectivity index (χ4n) is 2.56. The molecule has 0 aliphatic rings. The number of para-hydroxylation sites is 1. The van der Waals surface area contributed by atoms with Crippen LogP contribution >= 0.6 is 0 Å². The predicted molar refractivity (Wildman–Crippen MR) is 101 cm³/mol. The SMILES string of the molecule is CCOC(=O)CCC(=O)Nc1ccccc1Cc1nc(-c2cccnc2)no1. The summed E-state index contributed by atoms with van der Waals surface area (Å²) in [7, 11) is 0. The van der Waals surface area contributed by atoms with Crippen LogP contribution in [0.15, 0.2) is 53.3 Å². The molecule has 0 spiro atoms. The highest BCUT2D eigenvalue weighted by Crippen LogP contribution is 2.21. The molecule has 1 amide bonds. The van der Waals surface area contributed by atoms with Gasteiger partial charge < -0.3 is 14.6 Å². The van der Waals surface area contributed by atoms with Gasteiger partial charge in [-0.2, -0.15) is 4.98 Å². The Morgan fingerprint density at radius 3 is 2.79 bits per heavy atom. The average Bonchev–Trinajstić information content (AvgIpc) is 3.17. The van der Waals surface area contributed by atoms with E-state index in [4.69, 9.17) is 9.26 Å². The maximum Gasteiger partial charge on any atom is 0.306 e. The van der Waals surface area contributed by atoms with Gasteiger partial charge >= 0.3 is 5.97 Å². The molecular formula is C20H20N4O4. The van der Waals surface area contributed by atoms with Crippen molar-refractivity contribution in [1.29, 1.82) is 0 Å². The quantitative estimate of drug-likeness (QED) is 0.599. The van der Waals surface area contributed by atoms with Crippen LogP contribution in [0.5, 0.6) is 0 Å². The molecule has 144 valence electrons. The van der Waals surface area contributed by atoms with Crippen molar-refractivity contribution in [3.05, 3.63) is 60.2 Å². The van der Waals surface area contributed by atoms with E-state index in [9.17, 15) is 9.59 Å². The highest BCUT2D eigenvalue weighted by atomic mass is 16.5. The van der Waals surface area contributed by atoms with Crippen LogP contribution in [0.3, 0.4) is 0 Å². The molecule has 2 aromatic heterocycles. The third-order valence-electron chi connectivity index (χ3n) is 3.88. The van der Waals surface area contributed by atoms with Crippen LogP contribution < -0.4 is 5.32 Å². The molecule has 0 bridgehead atoms. The predicted octanol–water partition coefficient (Wildman–Crippen LogP) is 3.00. The fourth-order valence-corrected chi connectivity index (χ4v) is 2.56. The van der Waals surface area contributed by atoms with Crippen molar-refractivity contribution in [2.45, 2.75) is 26.2 Å². The number of anilines is 1. The number of nitrogens with zero attached hydrogens (tertiary/aromatic N) is 3. The van der Waals surface area contributed by atoms with Crippen LogP contribution in [0.25, 0.3) is 11.4 Å². The van der Waals surface area contributed by atoms with Crippen molar-refractivity contribution in [2.24, 2.45) is 0 Å². The van der Waals surface area contributed by atoms with Crippen molar-refractivity contribution in [3.63, 3.8) is 0 Å². The molecule has 3 aromatic rings. The van der Waals surface area contributed by atoms with Gasteiger partial charge in [-0.15, -0.1) is 0 Å². The van der Waals surface area contributed by atoms with Gasteiger partial charge in [0.2, 0.25) is 17.6 Å². The van der Waals surface area contributed by atoms with Gasteiger partial charge in [0.25, 0.3) is 0 Å². The number of ether oxygens (including phenoxy) is 1. The second kappa shape index (κ2) is 9.40. The highest BCUT2D eigenvalue weighted by molar-refractivity contribution is 5.93. The van der Waals surface area contributed by atoms with E-state index >= 15 is 0 Å². The zero-order valence-electron chi connectivity index (χ0n) is 15.4. The topological polar surface area (TPSA) is 107 Å². The zero-order valence-corrected chi connectivity index (χ0v) is 15.4. The van der Waals surface area contributed by atoms with Gasteiger partial charge in [-0.05, 0) is 30.7 Å². The molecule has 8 nitrogen and oxygen atoms in total. The van der Waals surface area contributed by atoms with Crippen LogP contribution in [0, 0.1) is 0 Å². The van der Waals surface area contributed by atoms with Crippen molar-refractivity contribution >= 4 is 17.6 Å². The normalized spacial score (nSPS) is 10.5. The molecule has 0 aliphatic heterocycles. The van der Waals surface area contributed by atoms with E-state index in [1.54, 1.807) is 31.5 Å². The lowest BCUT2D eigenvalue weighted by Crippen LogP contribution is -2.15. The van der Waals surface area contributed by atoms with Crippen LogP contribution in [-0.2, 0) is 20.7 Å². The molecule has 0 unspecified atom stereocenters. The Kier molecular flexibility index (Phi) is 6.46. The van der Waals surface area contributed by atoms with Crippen molar-refractivity contribution in [1.82, 2.24) is 15.1 Å².